The molecule has 5 rings (SSSR count). The van der Waals surface area contributed by atoms with Crippen molar-refractivity contribution >= 4 is 0 Å². The number of morpholine rings is 1. The molecule has 5 atom stereocenters. The van der Waals surface area contributed by atoms with Gasteiger partial charge in [-0.2, -0.15) is 0 Å². The Morgan fingerprint density at radius 1 is 0.448 bits per heavy atom. The number of piperazine rings is 2. The molecular weight excluding hydrogens is 886 g/mol. The Morgan fingerprint density at radius 3 is 1.14 bits per heavy atom. The van der Waals surface area contributed by atoms with E-state index in [0.29, 0.717) is 45.2 Å². The van der Waals surface area contributed by atoms with E-state index in [0.717, 1.165) is 51.2 Å². The summed E-state index contributed by atoms with van der Waals surface area (Å²) in [5.41, 5.74) is 2.14. The van der Waals surface area contributed by atoms with E-state index < -0.39 is 0 Å². The zero-order valence-electron chi connectivity index (χ0n) is 42.4. The minimum atomic E-state index is 0. The van der Waals surface area contributed by atoms with Gasteiger partial charge in [0, 0.05) is 72.4 Å². The molecular formula is C49H106N7OW-. The van der Waals surface area contributed by atoms with Crippen LogP contribution in [0.4, 0.5) is 0 Å². The summed E-state index contributed by atoms with van der Waals surface area (Å²) < 4.78 is 5.44. The van der Waals surface area contributed by atoms with Gasteiger partial charge in [-0.05, 0) is 133 Å². The standard InChI is InChI=1S/C10H22N2.2C10H21N.C9H19N2.C9H19NO.CH4.W/c1-10(2,3)9-8-11(4)6-7-12(9)5;2*1-10(2,3)9-6-5-7-11(4)8-9;1-9(2,3)8-7-10-5-6-11(8)4;1-9(2,3)8-7-11-6-5-10(8)4;;/h9H,6-8H2,1-5H3;2*9H,5-8H2,1-4H3;2*8H,5-7H2,1-4H3;1H4;/q;;;-1;;;. The molecule has 9 heteroatoms. The summed E-state index contributed by atoms with van der Waals surface area (Å²) >= 11 is 0. The third-order valence-corrected chi connectivity index (χ3v) is 13.4. The molecule has 5 aliphatic rings. The number of hydrogen-bond donors (Lipinski definition) is 0. The number of piperidine rings is 2. The molecule has 0 amide bonds. The molecule has 5 saturated heterocycles. The van der Waals surface area contributed by atoms with Gasteiger partial charge in [-0.15, -0.1) is 13.1 Å². The van der Waals surface area contributed by atoms with Crippen LogP contribution in [-0.2, 0) is 25.8 Å². The van der Waals surface area contributed by atoms with Gasteiger partial charge >= 0.3 is 0 Å². The third kappa shape index (κ3) is 23.7. The molecule has 0 aromatic heterocycles. The number of likely N-dealkylation sites (N-methyl/N-ethyl adjacent to an activating group) is 4. The van der Waals surface area contributed by atoms with Gasteiger partial charge in [0.2, 0.25) is 0 Å². The molecule has 5 unspecified atom stereocenters. The maximum atomic E-state index is 5.44. The van der Waals surface area contributed by atoms with E-state index in [1.54, 1.807) is 0 Å². The molecule has 0 radical (unpaired) electrons. The van der Waals surface area contributed by atoms with E-state index in [9.17, 15) is 0 Å². The summed E-state index contributed by atoms with van der Waals surface area (Å²) in [7, 11) is 13.3. The molecule has 0 bridgehead atoms. The number of rotatable bonds is 0. The molecule has 0 aromatic rings. The van der Waals surface area contributed by atoms with Crippen LogP contribution in [0.15, 0.2) is 0 Å². The van der Waals surface area contributed by atoms with Crippen molar-refractivity contribution in [1.29, 1.82) is 0 Å². The van der Waals surface area contributed by atoms with Crippen molar-refractivity contribution in [2.75, 3.05) is 127 Å². The van der Waals surface area contributed by atoms with Crippen LogP contribution < -0.4 is 0 Å². The second-order valence-corrected chi connectivity index (χ2v) is 24.0. The fourth-order valence-electron chi connectivity index (χ4n) is 8.96. The average Bonchev–Trinajstić information content (AvgIpc) is 3.05. The zero-order valence-corrected chi connectivity index (χ0v) is 45.3. The van der Waals surface area contributed by atoms with Crippen LogP contribution in [0.2, 0.25) is 0 Å². The number of hydrogen-bond acceptors (Lipinski definition) is 7. The quantitative estimate of drug-likeness (QED) is 0.240. The Bertz CT molecular complexity index is 976. The van der Waals surface area contributed by atoms with Crippen LogP contribution in [0, 0.1) is 38.9 Å². The Kier molecular flexibility index (Phi) is 28.0. The van der Waals surface area contributed by atoms with Crippen molar-refractivity contribution in [1.82, 2.24) is 29.4 Å². The smallest absolute Gasteiger partial charge is 0.0627 e. The fourth-order valence-corrected chi connectivity index (χ4v) is 8.96. The Labute approximate surface area is 380 Å². The van der Waals surface area contributed by atoms with Crippen molar-refractivity contribution in [3.05, 3.63) is 5.32 Å². The van der Waals surface area contributed by atoms with E-state index in [2.05, 4.69) is 181 Å². The van der Waals surface area contributed by atoms with E-state index >= 15 is 0 Å². The molecule has 5 fully saturated rings. The number of ether oxygens (including phenoxy) is 1. The molecule has 8 nitrogen and oxygen atoms in total. The van der Waals surface area contributed by atoms with Crippen LogP contribution >= 0.6 is 0 Å². The first-order valence-electron chi connectivity index (χ1n) is 22.8. The van der Waals surface area contributed by atoms with Crippen LogP contribution in [-0.4, -0.2) is 175 Å². The third-order valence-electron chi connectivity index (χ3n) is 13.4. The number of likely N-dealkylation sites (tertiary alicyclic amines) is 2. The minimum absolute atomic E-state index is 0. The van der Waals surface area contributed by atoms with Crippen LogP contribution in [0.3, 0.4) is 0 Å². The van der Waals surface area contributed by atoms with Gasteiger partial charge in [-0.3, -0.25) is 4.90 Å². The first-order valence-corrected chi connectivity index (χ1v) is 22.8. The molecule has 0 aromatic carbocycles. The maximum Gasteiger partial charge on any atom is 0.0627 e. The van der Waals surface area contributed by atoms with E-state index in [1.165, 1.54) is 71.5 Å². The summed E-state index contributed by atoms with van der Waals surface area (Å²) in [5.74, 6) is 1.81. The predicted octanol–water partition coefficient (Wildman–Crippen LogP) is 9.74. The monoisotopic (exact) mass is 993 g/mol. The van der Waals surface area contributed by atoms with Gasteiger partial charge in [0.15, 0.2) is 0 Å². The summed E-state index contributed by atoms with van der Waals surface area (Å²) in [6.07, 6.45) is 5.62. The first kappa shape index (κ1) is 60.5. The molecule has 0 spiro atoms. The SMILES string of the molecule is C.CN1CCCC(C(C)(C)C)C1.CN1CCCC(C(C)(C)C)C1.CN1CCN(C)C(C(C)(C)C)C1.CN1CCOCC1C(C)(C)C.CN1CC[N-]CC1C(C)(C)C.[W]. The van der Waals surface area contributed by atoms with Crippen LogP contribution in [0.1, 0.15) is 137 Å². The van der Waals surface area contributed by atoms with Gasteiger partial charge in [0.25, 0.3) is 0 Å². The Morgan fingerprint density at radius 2 is 0.845 bits per heavy atom. The summed E-state index contributed by atoms with van der Waals surface area (Å²) in [6, 6.07) is 1.92. The van der Waals surface area contributed by atoms with Crippen molar-refractivity contribution < 1.29 is 25.8 Å². The molecule has 0 saturated carbocycles. The van der Waals surface area contributed by atoms with Gasteiger partial charge in [0.1, 0.15) is 0 Å². The van der Waals surface area contributed by atoms with Crippen molar-refractivity contribution in [3.63, 3.8) is 0 Å². The summed E-state index contributed by atoms with van der Waals surface area (Å²) in [6.45, 7) is 49.6. The van der Waals surface area contributed by atoms with E-state index in [1.807, 2.05) is 0 Å². The molecule has 5 heterocycles. The number of nitrogens with zero attached hydrogens (tertiary/aromatic N) is 7. The predicted molar refractivity (Wildman–Crippen MR) is 255 cm³/mol. The largest absolute Gasteiger partial charge is 0.660 e. The second-order valence-electron chi connectivity index (χ2n) is 24.0. The summed E-state index contributed by atoms with van der Waals surface area (Å²) in [5, 5.41) is 4.43. The van der Waals surface area contributed by atoms with E-state index in [-0.39, 0.29) is 28.5 Å². The fraction of sp³-hybridized carbons (Fsp3) is 1.00. The Hall–Kier alpha value is 0.368. The summed E-state index contributed by atoms with van der Waals surface area (Å²) in [4.78, 5) is 14.6. The van der Waals surface area contributed by atoms with Crippen molar-refractivity contribution in [2.24, 2.45) is 38.9 Å². The molecule has 350 valence electrons. The van der Waals surface area contributed by atoms with Crippen molar-refractivity contribution in [2.45, 2.75) is 155 Å². The molecule has 0 aliphatic carbocycles. The normalized spacial score (nSPS) is 28.0. The second kappa shape index (κ2) is 26.9. The molecule has 5 aliphatic heterocycles. The van der Waals surface area contributed by atoms with Gasteiger partial charge in [-0.25, -0.2) is 0 Å². The first-order chi connectivity index (χ1) is 25.4. The van der Waals surface area contributed by atoms with Crippen LogP contribution in [0.5, 0.6) is 0 Å². The topological polar surface area (TPSA) is 42.8 Å². The maximum absolute atomic E-state index is 5.44. The van der Waals surface area contributed by atoms with Gasteiger partial charge in [0.05, 0.1) is 13.2 Å². The zero-order chi connectivity index (χ0) is 43.3. The molecule has 58 heavy (non-hydrogen) atoms. The van der Waals surface area contributed by atoms with E-state index in [4.69, 9.17) is 4.74 Å². The molecule has 0 N–H and O–H groups in total. The Balaban J connectivity index is 0. The van der Waals surface area contributed by atoms with Crippen LogP contribution in [0.25, 0.3) is 5.32 Å². The van der Waals surface area contributed by atoms with Crippen molar-refractivity contribution in [3.8, 4) is 0 Å². The van der Waals surface area contributed by atoms with Gasteiger partial charge < -0.3 is 34.6 Å². The average molecular weight is 993 g/mol. The minimum Gasteiger partial charge on any atom is -0.660 e. The van der Waals surface area contributed by atoms with Gasteiger partial charge in [-0.1, -0.05) is 111 Å².